The van der Waals surface area contributed by atoms with E-state index in [2.05, 4.69) is 15.2 Å². The predicted octanol–water partition coefficient (Wildman–Crippen LogP) is 6.42. The third kappa shape index (κ3) is 5.38. The molecule has 4 aromatic rings. The number of hydrogen-bond donors (Lipinski definition) is 2. The number of H-pyrrole nitrogens is 1. The van der Waals surface area contributed by atoms with Crippen molar-refractivity contribution in [3.05, 3.63) is 74.4 Å². The number of aliphatic carboxylic acids is 1. The Morgan fingerprint density at radius 2 is 1.75 bits per heavy atom. The molecule has 0 aliphatic heterocycles. The lowest BCUT2D eigenvalue weighted by atomic mass is 10.2. The lowest BCUT2D eigenvalue weighted by Gasteiger charge is -2.10. The van der Waals surface area contributed by atoms with Gasteiger partial charge in [0.1, 0.15) is 16.4 Å². The highest BCUT2D eigenvalue weighted by Gasteiger charge is 2.18. The molecule has 36 heavy (non-hydrogen) atoms. The number of carboxylic acid groups (broad SMARTS) is 1. The number of carbonyl (C=O) groups is 1. The number of halogens is 2. The van der Waals surface area contributed by atoms with Crippen LogP contribution in [-0.2, 0) is 4.79 Å². The highest BCUT2D eigenvalue weighted by molar-refractivity contribution is 8.04. The van der Waals surface area contributed by atoms with Crippen LogP contribution in [0, 0.1) is 13.8 Å². The van der Waals surface area contributed by atoms with Crippen LogP contribution in [0.5, 0.6) is 11.5 Å². The van der Waals surface area contributed by atoms with E-state index in [4.69, 9.17) is 32.7 Å². The van der Waals surface area contributed by atoms with E-state index in [-0.39, 0.29) is 10.1 Å². The van der Waals surface area contributed by atoms with Crippen molar-refractivity contribution in [2.24, 2.45) is 0 Å². The van der Waals surface area contributed by atoms with Gasteiger partial charge in [-0.2, -0.15) is 0 Å². The van der Waals surface area contributed by atoms with E-state index >= 15 is 0 Å². The average Bonchev–Trinajstić information content (AvgIpc) is 3.44. The molecule has 0 saturated carbocycles. The summed E-state index contributed by atoms with van der Waals surface area (Å²) in [6.45, 7) is 3.84. The van der Waals surface area contributed by atoms with Gasteiger partial charge in [0.2, 0.25) is 5.16 Å². The van der Waals surface area contributed by atoms with Crippen LogP contribution in [0.4, 0.5) is 0 Å². The van der Waals surface area contributed by atoms with Crippen molar-refractivity contribution in [3.8, 4) is 28.6 Å². The van der Waals surface area contributed by atoms with Gasteiger partial charge in [-0.3, -0.25) is 5.10 Å². The zero-order chi connectivity index (χ0) is 26.0. The first-order valence-electron chi connectivity index (χ1n) is 10.6. The fourth-order valence-electron chi connectivity index (χ4n) is 3.69. The SMILES string of the molecule is COc1cc(OC)cc(-c2nc(S/C(=C\c3cc(C)n(-c4ccc(Cl)c(Cl)c4)c3C)C(=O)O)n[nH]2)c1. The minimum atomic E-state index is -1.09. The predicted molar refractivity (Wildman–Crippen MR) is 142 cm³/mol. The maximum absolute atomic E-state index is 12.1. The smallest absolute Gasteiger partial charge is 0.342 e. The Kier molecular flexibility index (Phi) is 7.63. The molecule has 0 radical (unpaired) electrons. The second-order valence-corrected chi connectivity index (χ2v) is 9.57. The minimum absolute atomic E-state index is 0.0677. The molecule has 8 nitrogen and oxygen atoms in total. The molecule has 2 heterocycles. The molecular formula is C25H22Cl2N4O4S. The van der Waals surface area contributed by atoms with Crippen LogP contribution in [0.1, 0.15) is 17.0 Å². The largest absolute Gasteiger partial charge is 0.497 e. The quantitative estimate of drug-likeness (QED) is 0.195. The van der Waals surface area contributed by atoms with Gasteiger partial charge in [0.15, 0.2) is 5.82 Å². The topological polar surface area (TPSA) is 102 Å². The molecule has 0 saturated heterocycles. The number of nitrogens with zero attached hydrogens (tertiary/aromatic N) is 3. The number of aryl methyl sites for hydroxylation is 1. The second-order valence-electron chi connectivity index (χ2n) is 7.74. The van der Waals surface area contributed by atoms with Crippen molar-refractivity contribution >= 4 is 47.0 Å². The summed E-state index contributed by atoms with van der Waals surface area (Å²) in [5.74, 6) is 0.558. The van der Waals surface area contributed by atoms with E-state index in [0.29, 0.717) is 32.9 Å². The molecule has 0 amide bonds. The molecule has 0 fully saturated rings. The summed E-state index contributed by atoms with van der Waals surface area (Å²) in [5.41, 5.74) is 4.03. The van der Waals surface area contributed by atoms with Crippen LogP contribution in [0.3, 0.4) is 0 Å². The van der Waals surface area contributed by atoms with Crippen molar-refractivity contribution in [2.45, 2.75) is 19.0 Å². The molecule has 186 valence electrons. The zero-order valence-corrected chi connectivity index (χ0v) is 22.1. The van der Waals surface area contributed by atoms with Gasteiger partial charge in [0.25, 0.3) is 0 Å². The van der Waals surface area contributed by atoms with Crippen molar-refractivity contribution in [1.29, 1.82) is 0 Å². The van der Waals surface area contributed by atoms with Gasteiger partial charge in [0.05, 0.1) is 24.3 Å². The number of ether oxygens (including phenoxy) is 2. The summed E-state index contributed by atoms with van der Waals surface area (Å²) in [4.78, 5) is 16.6. The number of thioether (sulfide) groups is 1. The number of benzene rings is 2. The molecule has 0 bridgehead atoms. The van der Waals surface area contributed by atoms with E-state index in [1.807, 2.05) is 30.5 Å². The summed E-state index contributed by atoms with van der Waals surface area (Å²) in [5, 5.41) is 18.1. The third-order valence-electron chi connectivity index (χ3n) is 5.42. The molecule has 2 N–H and O–H groups in total. The van der Waals surface area contributed by atoms with Crippen LogP contribution >= 0.6 is 35.0 Å². The summed E-state index contributed by atoms with van der Waals surface area (Å²) >= 11 is 13.2. The zero-order valence-electron chi connectivity index (χ0n) is 19.8. The molecule has 0 aliphatic carbocycles. The summed E-state index contributed by atoms with van der Waals surface area (Å²) in [6, 6.07) is 12.6. The van der Waals surface area contributed by atoms with E-state index < -0.39 is 5.97 Å². The second kappa shape index (κ2) is 10.7. The molecule has 0 spiro atoms. The Hall–Kier alpha value is -3.40. The van der Waals surface area contributed by atoms with Crippen molar-refractivity contribution in [3.63, 3.8) is 0 Å². The van der Waals surface area contributed by atoms with Crippen molar-refractivity contribution < 1.29 is 19.4 Å². The lowest BCUT2D eigenvalue weighted by molar-refractivity contribution is -0.131. The standard InChI is InChI=1S/C25H22Cl2N4O4S/c1-13-7-15(14(2)31(13)17-5-6-20(26)21(27)11-17)10-22(24(32)33)36-25-28-23(29-30-25)16-8-18(34-3)12-19(9-16)35-4/h5-12H,1-4H3,(H,32,33)(H,28,29,30)/b22-10-. The number of methoxy groups -OCH3 is 2. The molecule has 2 aromatic heterocycles. The van der Waals surface area contributed by atoms with Gasteiger partial charge < -0.3 is 19.1 Å². The van der Waals surface area contributed by atoms with Crippen LogP contribution < -0.4 is 9.47 Å². The summed E-state index contributed by atoms with van der Waals surface area (Å²) in [6.07, 6.45) is 1.61. The van der Waals surface area contributed by atoms with Crippen LogP contribution in [-0.4, -0.2) is 45.0 Å². The molecular weight excluding hydrogens is 523 g/mol. The fourth-order valence-corrected chi connectivity index (χ4v) is 4.69. The van der Waals surface area contributed by atoms with Gasteiger partial charge in [-0.05, 0) is 73.6 Å². The van der Waals surface area contributed by atoms with Gasteiger partial charge in [0, 0.05) is 28.7 Å². The van der Waals surface area contributed by atoms with Crippen molar-refractivity contribution in [1.82, 2.24) is 19.7 Å². The molecule has 4 rings (SSSR count). The fraction of sp³-hybridized carbons (Fsp3) is 0.160. The van der Waals surface area contributed by atoms with Gasteiger partial charge in [-0.25, -0.2) is 9.78 Å². The molecule has 0 unspecified atom stereocenters. The van der Waals surface area contributed by atoms with Gasteiger partial charge in [-0.1, -0.05) is 23.2 Å². The van der Waals surface area contributed by atoms with E-state index in [0.717, 1.165) is 34.4 Å². The summed E-state index contributed by atoms with van der Waals surface area (Å²) in [7, 11) is 3.12. The van der Waals surface area contributed by atoms with Gasteiger partial charge in [-0.15, -0.1) is 5.10 Å². The Bertz CT molecular complexity index is 1460. The van der Waals surface area contributed by atoms with Gasteiger partial charge >= 0.3 is 5.97 Å². The maximum atomic E-state index is 12.1. The van der Waals surface area contributed by atoms with Crippen LogP contribution in [0.15, 0.2) is 52.5 Å². The maximum Gasteiger partial charge on any atom is 0.342 e. The first kappa shape index (κ1) is 25.7. The highest BCUT2D eigenvalue weighted by atomic mass is 35.5. The highest BCUT2D eigenvalue weighted by Crippen LogP contribution is 2.33. The minimum Gasteiger partial charge on any atom is -0.497 e. The summed E-state index contributed by atoms with van der Waals surface area (Å²) < 4.78 is 12.6. The van der Waals surface area contributed by atoms with Crippen LogP contribution in [0.25, 0.3) is 23.2 Å². The number of carboxylic acids is 1. The Labute approximate surface area is 221 Å². The average molecular weight is 545 g/mol. The number of hydrogen-bond acceptors (Lipinski definition) is 6. The molecule has 0 atom stereocenters. The molecule has 11 heteroatoms. The Morgan fingerprint density at radius 3 is 2.36 bits per heavy atom. The first-order valence-corrected chi connectivity index (χ1v) is 12.2. The number of aromatic nitrogens is 4. The number of aromatic amines is 1. The van der Waals surface area contributed by atoms with E-state index in [1.165, 1.54) is 0 Å². The molecule has 2 aromatic carbocycles. The van der Waals surface area contributed by atoms with Crippen molar-refractivity contribution in [2.75, 3.05) is 14.2 Å². The Morgan fingerprint density at radius 1 is 1.06 bits per heavy atom. The van der Waals surface area contributed by atoms with E-state index in [1.54, 1.807) is 50.6 Å². The number of rotatable bonds is 8. The van der Waals surface area contributed by atoms with E-state index in [9.17, 15) is 9.90 Å². The molecule has 0 aliphatic rings. The third-order valence-corrected chi connectivity index (χ3v) is 7.04. The van der Waals surface area contributed by atoms with Crippen LogP contribution in [0.2, 0.25) is 10.0 Å². The lowest BCUT2D eigenvalue weighted by Crippen LogP contribution is -2.00. The normalized spacial score (nSPS) is 11.6. The monoisotopic (exact) mass is 544 g/mol. The number of nitrogens with one attached hydrogen (secondary N) is 1. The Balaban J connectivity index is 1.65. The first-order chi connectivity index (χ1) is 17.2.